The number of ether oxygens (including phenoxy) is 1. The van der Waals surface area contributed by atoms with Crippen molar-refractivity contribution in [3.8, 4) is 0 Å². The van der Waals surface area contributed by atoms with Gasteiger partial charge in [-0.05, 0) is 30.5 Å². The molecule has 1 fully saturated rings. The molecule has 7 nitrogen and oxygen atoms in total. The molecule has 112 valence electrons. The fourth-order valence-electron chi connectivity index (χ4n) is 2.03. The second-order valence-electron chi connectivity index (χ2n) is 4.37. The van der Waals surface area contributed by atoms with E-state index < -0.39 is 16.0 Å². The molecule has 0 aliphatic carbocycles. The Morgan fingerprint density at radius 3 is 2.65 bits per heavy atom. The van der Waals surface area contributed by atoms with Crippen LogP contribution in [0.25, 0.3) is 0 Å². The van der Waals surface area contributed by atoms with E-state index in [1.807, 2.05) is 0 Å². The minimum atomic E-state index is -3.67. The summed E-state index contributed by atoms with van der Waals surface area (Å²) < 4.78 is 35.8. The molecule has 1 aromatic rings. The Kier molecular flexibility index (Phi) is 4.69. The summed E-state index contributed by atoms with van der Waals surface area (Å²) in [5, 5.41) is 8.37. The zero-order chi connectivity index (χ0) is 14.8. The molecule has 1 aliphatic heterocycles. The molecule has 0 radical (unpaired) electrons. The molecule has 0 aromatic carbocycles. The topological polar surface area (TPSA) is 97.0 Å². The Morgan fingerprint density at radius 1 is 1.50 bits per heavy atom. The Labute approximate surface area is 121 Å². The predicted molar refractivity (Wildman–Crippen MR) is 69.1 cm³/mol. The van der Waals surface area contributed by atoms with Crippen LogP contribution in [0, 0.1) is 0 Å². The number of piperidine rings is 1. The van der Waals surface area contributed by atoms with E-state index in [2.05, 4.69) is 0 Å². The molecular formula is C11H14ClNO6S. The zero-order valence-electron chi connectivity index (χ0n) is 10.5. The van der Waals surface area contributed by atoms with Gasteiger partial charge >= 0.3 is 5.97 Å². The van der Waals surface area contributed by atoms with Gasteiger partial charge in [-0.3, -0.25) is 0 Å². The van der Waals surface area contributed by atoms with E-state index in [9.17, 15) is 13.2 Å². The average Bonchev–Trinajstić information content (AvgIpc) is 2.84. The molecule has 0 amide bonds. The van der Waals surface area contributed by atoms with Crippen LogP contribution in [0.4, 0.5) is 0 Å². The molecule has 1 N–H and O–H groups in total. The summed E-state index contributed by atoms with van der Waals surface area (Å²) in [6, 6.07) is 1.31. The molecule has 0 saturated carbocycles. The number of carbonyl (C=O) groups is 1. The summed E-state index contributed by atoms with van der Waals surface area (Å²) in [6.07, 6.45) is 1.87. The third-order valence-electron chi connectivity index (χ3n) is 3.05. The number of furan rings is 1. The highest BCUT2D eigenvalue weighted by atomic mass is 35.5. The van der Waals surface area contributed by atoms with E-state index in [0.29, 0.717) is 12.8 Å². The zero-order valence-corrected chi connectivity index (χ0v) is 12.1. The van der Waals surface area contributed by atoms with Gasteiger partial charge in [-0.1, -0.05) is 0 Å². The van der Waals surface area contributed by atoms with Crippen molar-refractivity contribution in [2.24, 2.45) is 0 Å². The molecule has 2 heterocycles. The molecule has 1 aliphatic rings. The van der Waals surface area contributed by atoms with Crippen LogP contribution in [-0.4, -0.2) is 49.6 Å². The van der Waals surface area contributed by atoms with Gasteiger partial charge in [-0.15, -0.1) is 0 Å². The summed E-state index contributed by atoms with van der Waals surface area (Å²) in [5.41, 5.74) is 0. The number of carboxylic acids is 1. The maximum absolute atomic E-state index is 12.3. The van der Waals surface area contributed by atoms with Crippen LogP contribution in [0.2, 0.25) is 5.22 Å². The first kappa shape index (κ1) is 15.3. The highest BCUT2D eigenvalue weighted by Crippen LogP contribution is 2.27. The first-order valence-electron chi connectivity index (χ1n) is 5.98. The lowest BCUT2D eigenvalue weighted by Crippen LogP contribution is -2.41. The van der Waals surface area contributed by atoms with Crippen molar-refractivity contribution in [2.45, 2.75) is 23.8 Å². The Hall–Kier alpha value is -1.09. The van der Waals surface area contributed by atoms with Gasteiger partial charge in [0.15, 0.2) is 0 Å². The van der Waals surface area contributed by atoms with Crippen molar-refractivity contribution in [1.29, 1.82) is 0 Å². The van der Waals surface area contributed by atoms with Gasteiger partial charge in [-0.25, -0.2) is 13.2 Å². The number of hydrogen-bond donors (Lipinski definition) is 1. The normalized spacial score (nSPS) is 18.2. The summed E-state index contributed by atoms with van der Waals surface area (Å²) in [5.74, 6) is -1.04. The number of halogens is 1. The van der Waals surface area contributed by atoms with Gasteiger partial charge in [-0.2, -0.15) is 4.31 Å². The van der Waals surface area contributed by atoms with Crippen molar-refractivity contribution in [1.82, 2.24) is 4.31 Å². The van der Waals surface area contributed by atoms with Crippen LogP contribution in [-0.2, 0) is 19.6 Å². The lowest BCUT2D eigenvalue weighted by molar-refractivity contribution is -0.145. The summed E-state index contributed by atoms with van der Waals surface area (Å²) in [4.78, 5) is 10.4. The molecule has 0 atom stereocenters. The van der Waals surface area contributed by atoms with Crippen LogP contribution in [0.3, 0.4) is 0 Å². The Balaban J connectivity index is 1.97. The molecule has 0 unspecified atom stereocenters. The van der Waals surface area contributed by atoms with Crippen molar-refractivity contribution >= 4 is 27.6 Å². The molecule has 0 spiro atoms. The fourth-order valence-corrected chi connectivity index (χ4v) is 3.89. The number of sulfonamides is 1. The van der Waals surface area contributed by atoms with E-state index in [-0.39, 0.29) is 35.9 Å². The van der Waals surface area contributed by atoms with Crippen molar-refractivity contribution < 1.29 is 27.5 Å². The number of hydrogen-bond acceptors (Lipinski definition) is 5. The van der Waals surface area contributed by atoms with E-state index >= 15 is 0 Å². The van der Waals surface area contributed by atoms with Gasteiger partial charge in [0.1, 0.15) is 11.5 Å². The summed E-state index contributed by atoms with van der Waals surface area (Å²) >= 11 is 5.69. The van der Waals surface area contributed by atoms with Gasteiger partial charge in [0.05, 0.1) is 12.4 Å². The minimum Gasteiger partial charge on any atom is -0.480 e. The highest BCUT2D eigenvalue weighted by molar-refractivity contribution is 7.89. The van der Waals surface area contributed by atoms with Crippen LogP contribution in [0.5, 0.6) is 0 Å². The first-order valence-corrected chi connectivity index (χ1v) is 7.79. The van der Waals surface area contributed by atoms with Crippen molar-refractivity contribution in [2.75, 3.05) is 19.7 Å². The molecule has 9 heteroatoms. The van der Waals surface area contributed by atoms with E-state index in [4.69, 9.17) is 25.9 Å². The molecular weight excluding hydrogens is 310 g/mol. The molecule has 1 saturated heterocycles. The smallest absolute Gasteiger partial charge is 0.329 e. The quantitative estimate of drug-likeness (QED) is 0.874. The molecule has 20 heavy (non-hydrogen) atoms. The van der Waals surface area contributed by atoms with Crippen molar-refractivity contribution in [3.05, 3.63) is 17.5 Å². The lowest BCUT2D eigenvalue weighted by Gasteiger charge is -2.30. The monoisotopic (exact) mass is 323 g/mol. The Morgan fingerprint density at radius 2 is 2.15 bits per heavy atom. The largest absolute Gasteiger partial charge is 0.480 e. The highest BCUT2D eigenvalue weighted by Gasteiger charge is 2.32. The minimum absolute atomic E-state index is 0.0518. The van der Waals surface area contributed by atoms with Gasteiger partial charge in [0.2, 0.25) is 15.2 Å². The number of aliphatic carboxylic acids is 1. The van der Waals surface area contributed by atoms with E-state index in [0.717, 1.165) is 0 Å². The second kappa shape index (κ2) is 6.13. The van der Waals surface area contributed by atoms with Gasteiger partial charge < -0.3 is 14.3 Å². The third kappa shape index (κ3) is 3.32. The summed E-state index contributed by atoms with van der Waals surface area (Å²) in [7, 11) is -3.67. The SMILES string of the molecule is O=C(O)COC1CCN(S(=O)(=O)c2ccoc2Cl)CC1. The lowest BCUT2D eigenvalue weighted by atomic mass is 10.1. The first-order chi connectivity index (χ1) is 9.41. The van der Waals surface area contributed by atoms with Crippen LogP contribution >= 0.6 is 11.6 Å². The number of rotatable bonds is 5. The standard InChI is InChI=1S/C11H14ClNO6S/c12-11-9(3-6-18-11)20(16,17)13-4-1-8(2-5-13)19-7-10(14)15/h3,6,8H,1-2,4-5,7H2,(H,14,15). The fraction of sp³-hybridized carbons (Fsp3) is 0.545. The van der Waals surface area contributed by atoms with Crippen LogP contribution < -0.4 is 0 Å². The maximum Gasteiger partial charge on any atom is 0.329 e. The third-order valence-corrected chi connectivity index (χ3v) is 5.37. The van der Waals surface area contributed by atoms with Crippen molar-refractivity contribution in [3.63, 3.8) is 0 Å². The maximum atomic E-state index is 12.3. The van der Waals surface area contributed by atoms with Crippen LogP contribution in [0.1, 0.15) is 12.8 Å². The number of nitrogens with zero attached hydrogens (tertiary/aromatic N) is 1. The average molecular weight is 324 g/mol. The van der Waals surface area contributed by atoms with Gasteiger partial charge in [0.25, 0.3) is 0 Å². The molecule has 0 bridgehead atoms. The Bertz CT molecular complexity index is 575. The summed E-state index contributed by atoms with van der Waals surface area (Å²) in [6.45, 7) is 0.146. The van der Waals surface area contributed by atoms with E-state index in [1.54, 1.807) is 0 Å². The van der Waals surface area contributed by atoms with E-state index in [1.165, 1.54) is 16.6 Å². The molecule has 2 rings (SSSR count). The predicted octanol–water partition coefficient (Wildman–Crippen LogP) is 1.19. The van der Waals surface area contributed by atoms with Crippen LogP contribution in [0.15, 0.2) is 21.6 Å². The second-order valence-corrected chi connectivity index (χ2v) is 6.62. The molecule has 1 aromatic heterocycles. The number of carboxylic acid groups (broad SMARTS) is 1. The van der Waals surface area contributed by atoms with Gasteiger partial charge in [0, 0.05) is 13.1 Å².